The van der Waals surface area contributed by atoms with Crippen LogP contribution in [0.4, 0.5) is 4.79 Å². The number of aliphatic hydroxyl groups is 2. The third-order valence-corrected chi connectivity index (χ3v) is 7.29. The van der Waals surface area contributed by atoms with Crippen molar-refractivity contribution in [1.29, 1.82) is 0 Å². The number of nitrogens with zero attached hydrogens (tertiary/aromatic N) is 3. The van der Waals surface area contributed by atoms with Crippen LogP contribution in [0.1, 0.15) is 83.7 Å². The van der Waals surface area contributed by atoms with Crippen LogP contribution in [0, 0.1) is 5.41 Å². The maximum absolute atomic E-state index is 12.7. The molecular weight excluding hydrogens is 480 g/mol. The second-order valence-corrected chi connectivity index (χ2v) is 12.6. The lowest BCUT2D eigenvalue weighted by Crippen LogP contribution is -2.66. The molecule has 4 rings (SSSR count). The molecule has 1 aliphatic rings. The molecule has 1 atom stereocenters. The zero-order chi connectivity index (χ0) is 28.1. The fourth-order valence-electron chi connectivity index (χ4n) is 5.01. The Bertz CT molecular complexity index is 1290. The number of ether oxygens (including phenoxy) is 1. The summed E-state index contributed by atoms with van der Waals surface area (Å²) in [4.78, 5) is 18.8. The van der Waals surface area contributed by atoms with Gasteiger partial charge >= 0.3 is 6.09 Å². The molecule has 1 aliphatic heterocycles. The number of aromatic amines is 1. The highest BCUT2D eigenvalue weighted by molar-refractivity contribution is 5.70. The number of hydrogen-bond donors (Lipinski definition) is 3. The van der Waals surface area contributed by atoms with Gasteiger partial charge in [0, 0.05) is 42.0 Å². The number of likely N-dealkylation sites (tertiary alicyclic amines) is 1. The molecule has 1 amide bonds. The van der Waals surface area contributed by atoms with Gasteiger partial charge in [0.05, 0.1) is 11.4 Å². The van der Waals surface area contributed by atoms with Crippen molar-refractivity contribution in [3.63, 3.8) is 0 Å². The second kappa shape index (κ2) is 9.50. The van der Waals surface area contributed by atoms with E-state index in [2.05, 4.69) is 29.0 Å². The number of carbonyl (C=O) groups excluding carboxylic acids is 1. The lowest BCUT2D eigenvalue weighted by molar-refractivity contribution is -0.131. The van der Waals surface area contributed by atoms with Crippen LogP contribution in [0.5, 0.6) is 0 Å². The van der Waals surface area contributed by atoms with Crippen molar-refractivity contribution in [1.82, 2.24) is 20.1 Å². The molecule has 38 heavy (non-hydrogen) atoms. The Hall–Kier alpha value is -3.23. The molecule has 2 aromatic heterocycles. The maximum Gasteiger partial charge on any atom is 0.410 e. The molecule has 8 nitrogen and oxygen atoms in total. The van der Waals surface area contributed by atoms with Crippen molar-refractivity contribution in [2.45, 2.75) is 78.1 Å². The van der Waals surface area contributed by atoms with Gasteiger partial charge in [-0.25, -0.2) is 4.79 Å². The van der Waals surface area contributed by atoms with Crippen LogP contribution >= 0.6 is 0 Å². The monoisotopic (exact) mass is 520 g/mol. The summed E-state index contributed by atoms with van der Waals surface area (Å²) in [7, 11) is 0. The van der Waals surface area contributed by atoms with Gasteiger partial charge in [0.15, 0.2) is 0 Å². The van der Waals surface area contributed by atoms with Crippen LogP contribution in [0.3, 0.4) is 0 Å². The van der Waals surface area contributed by atoms with Gasteiger partial charge in [-0.2, -0.15) is 5.10 Å². The summed E-state index contributed by atoms with van der Waals surface area (Å²) >= 11 is 0. The van der Waals surface area contributed by atoms with E-state index in [1.807, 2.05) is 58.0 Å². The number of nitrogens with one attached hydrogen (secondary N) is 1. The van der Waals surface area contributed by atoms with Gasteiger partial charge in [0.1, 0.15) is 16.8 Å². The first kappa shape index (κ1) is 27.8. The molecule has 3 heterocycles. The molecular formula is C30H40N4O4. The molecule has 0 unspecified atom stereocenters. The van der Waals surface area contributed by atoms with Crippen LogP contribution in [-0.4, -0.2) is 55.1 Å². The Balaban J connectivity index is 1.75. The molecule has 0 saturated carbocycles. The average Bonchev–Trinajstić information content (AvgIpc) is 3.31. The number of benzene rings is 1. The molecule has 8 heteroatoms. The fourth-order valence-corrected chi connectivity index (χ4v) is 5.01. The number of carbonyl (C=O) groups is 1. The standard InChI is InChI=1S/C30H40N4O4/c1-19(2)20-9-11-22(12-10-20)30(37,29(8)17-34(18-29)26(35)38-27(3,4)5)23-13-21(15-31-16-23)24-14-25(33-32-24)28(6,7)36/h9-16,19,36-37H,17-18H2,1-8H3,(H,32,33)/t30-/m0/s1. The van der Waals surface area contributed by atoms with Gasteiger partial charge in [-0.3, -0.25) is 10.1 Å². The Morgan fingerprint density at radius 1 is 1.03 bits per heavy atom. The van der Waals surface area contributed by atoms with E-state index < -0.39 is 28.3 Å². The predicted molar refractivity (Wildman–Crippen MR) is 147 cm³/mol. The van der Waals surface area contributed by atoms with Crippen LogP contribution < -0.4 is 0 Å². The van der Waals surface area contributed by atoms with Crippen LogP contribution in [0.25, 0.3) is 11.3 Å². The SMILES string of the molecule is CC(C)c1ccc([C@](O)(c2cncc(-c3cc(C(C)(C)O)[nH]n3)c2)C2(C)CN(C(=O)OC(C)(C)C)C2)cc1. The summed E-state index contributed by atoms with van der Waals surface area (Å²) in [6.07, 6.45) is 2.96. The predicted octanol–water partition coefficient (Wildman–Crippen LogP) is 5.32. The Morgan fingerprint density at radius 2 is 1.66 bits per heavy atom. The third-order valence-electron chi connectivity index (χ3n) is 7.29. The summed E-state index contributed by atoms with van der Waals surface area (Å²) in [5.41, 5.74) is 0.589. The summed E-state index contributed by atoms with van der Waals surface area (Å²) in [6, 6.07) is 11.7. The third kappa shape index (κ3) is 5.20. The highest BCUT2D eigenvalue weighted by Crippen LogP contribution is 2.51. The minimum atomic E-state index is -1.45. The molecule has 3 N–H and O–H groups in total. The number of hydrogen-bond acceptors (Lipinski definition) is 6. The Morgan fingerprint density at radius 3 is 2.18 bits per heavy atom. The molecule has 0 aliphatic carbocycles. The minimum Gasteiger partial charge on any atom is -0.444 e. The first-order chi connectivity index (χ1) is 17.5. The maximum atomic E-state index is 12.7. The van der Waals surface area contributed by atoms with E-state index in [4.69, 9.17) is 4.74 Å². The van der Waals surface area contributed by atoms with E-state index in [0.29, 0.717) is 41.5 Å². The van der Waals surface area contributed by atoms with E-state index in [0.717, 1.165) is 5.56 Å². The number of aromatic nitrogens is 3. The van der Waals surface area contributed by atoms with E-state index in [9.17, 15) is 15.0 Å². The fraction of sp³-hybridized carbons (Fsp3) is 0.500. The zero-order valence-corrected chi connectivity index (χ0v) is 23.7. The molecule has 204 valence electrons. The van der Waals surface area contributed by atoms with Gasteiger partial charge in [0.2, 0.25) is 0 Å². The van der Waals surface area contributed by atoms with Gasteiger partial charge in [0.25, 0.3) is 0 Å². The van der Waals surface area contributed by atoms with Crippen LogP contribution in [-0.2, 0) is 15.9 Å². The first-order valence-electron chi connectivity index (χ1n) is 13.1. The molecule has 0 radical (unpaired) electrons. The average molecular weight is 521 g/mol. The quantitative estimate of drug-likeness (QED) is 0.406. The zero-order valence-electron chi connectivity index (χ0n) is 23.7. The molecule has 1 aromatic carbocycles. The van der Waals surface area contributed by atoms with Crippen molar-refractivity contribution in [2.75, 3.05) is 13.1 Å². The number of H-pyrrole nitrogens is 1. The summed E-state index contributed by atoms with van der Waals surface area (Å²) in [6.45, 7) is 15.8. The van der Waals surface area contributed by atoms with Crippen molar-refractivity contribution >= 4 is 6.09 Å². The van der Waals surface area contributed by atoms with E-state index in [1.165, 1.54) is 5.56 Å². The molecule has 0 bridgehead atoms. The smallest absolute Gasteiger partial charge is 0.410 e. The van der Waals surface area contributed by atoms with Gasteiger partial charge in [-0.05, 0) is 63.8 Å². The molecule has 1 saturated heterocycles. The first-order valence-corrected chi connectivity index (χ1v) is 13.1. The topological polar surface area (TPSA) is 112 Å². The van der Waals surface area contributed by atoms with E-state index in [-0.39, 0.29) is 0 Å². The van der Waals surface area contributed by atoms with Crippen LogP contribution in [0.15, 0.2) is 48.8 Å². The van der Waals surface area contributed by atoms with E-state index >= 15 is 0 Å². The summed E-state index contributed by atoms with van der Waals surface area (Å²) in [5, 5.41) is 30.2. The van der Waals surface area contributed by atoms with Gasteiger partial charge in [-0.15, -0.1) is 0 Å². The Kier molecular flexibility index (Phi) is 6.95. The lowest BCUT2D eigenvalue weighted by Gasteiger charge is -2.56. The highest BCUT2D eigenvalue weighted by atomic mass is 16.6. The Labute approximate surface area is 225 Å². The number of rotatable bonds is 6. The molecule has 1 fully saturated rings. The largest absolute Gasteiger partial charge is 0.444 e. The minimum absolute atomic E-state index is 0.319. The number of amides is 1. The van der Waals surface area contributed by atoms with E-state index in [1.54, 1.807) is 37.2 Å². The molecule has 0 spiro atoms. The summed E-state index contributed by atoms with van der Waals surface area (Å²) < 4.78 is 5.57. The van der Waals surface area contributed by atoms with Crippen molar-refractivity contribution < 1.29 is 19.7 Å². The van der Waals surface area contributed by atoms with Crippen LogP contribution in [0.2, 0.25) is 0 Å². The summed E-state index contributed by atoms with van der Waals surface area (Å²) in [5.74, 6) is 0.355. The van der Waals surface area contributed by atoms with Gasteiger partial charge < -0.3 is 19.8 Å². The van der Waals surface area contributed by atoms with Crippen molar-refractivity contribution in [3.8, 4) is 11.3 Å². The van der Waals surface area contributed by atoms with Crippen molar-refractivity contribution in [3.05, 3.63) is 71.2 Å². The lowest BCUT2D eigenvalue weighted by atomic mass is 9.62. The normalized spacial score (nSPS) is 17.2. The van der Waals surface area contributed by atoms with Crippen molar-refractivity contribution in [2.24, 2.45) is 5.41 Å². The molecule has 3 aromatic rings. The number of pyridine rings is 1. The highest BCUT2D eigenvalue weighted by Gasteiger charge is 2.58. The second-order valence-electron chi connectivity index (χ2n) is 12.6. The van der Waals surface area contributed by atoms with Gasteiger partial charge in [-0.1, -0.05) is 45.0 Å².